The van der Waals surface area contributed by atoms with Crippen LogP contribution in [0.15, 0.2) is 65.2 Å². The Morgan fingerprint density at radius 1 is 1.20 bits per heavy atom. The molecule has 8 nitrogen and oxygen atoms in total. The zero-order chi connectivity index (χ0) is 24.2. The third kappa shape index (κ3) is 5.21. The standard InChI is InChI=1S/C25H24FN7OS/c1-32-11-7-18(8-12-32)34-21-4-2-3-20-23(21)24(30-16-29-20)31-17-5-6-22(19(26)15-17)35-25-28-10-14-33(25)13-9-27/h2-6,10,14-16,18H,7-8,11-13H2,1H3,(H,29,30,31). The fourth-order valence-electron chi connectivity index (χ4n) is 4.05. The van der Waals surface area contributed by atoms with Gasteiger partial charge in [-0.15, -0.1) is 0 Å². The third-order valence-corrected chi connectivity index (χ3v) is 6.97. The first-order chi connectivity index (χ1) is 17.1. The fraction of sp³-hybridized carbons (Fsp3) is 0.280. The molecule has 0 radical (unpaired) electrons. The first kappa shape index (κ1) is 23.1. The molecule has 5 rings (SSSR count). The number of hydrogen-bond acceptors (Lipinski definition) is 8. The molecular weight excluding hydrogens is 465 g/mol. The monoisotopic (exact) mass is 489 g/mol. The van der Waals surface area contributed by atoms with Crippen molar-refractivity contribution in [1.29, 1.82) is 5.26 Å². The Morgan fingerprint density at radius 2 is 2.06 bits per heavy atom. The maximum Gasteiger partial charge on any atom is 0.173 e. The van der Waals surface area contributed by atoms with E-state index in [0.29, 0.717) is 21.6 Å². The average molecular weight is 490 g/mol. The van der Waals surface area contributed by atoms with Crippen LogP contribution in [0, 0.1) is 17.1 Å². The van der Waals surface area contributed by atoms with Gasteiger partial charge in [0.05, 0.1) is 21.9 Å². The molecule has 3 heterocycles. The molecule has 0 saturated carbocycles. The summed E-state index contributed by atoms with van der Waals surface area (Å²) in [4.78, 5) is 15.8. The van der Waals surface area contributed by atoms with E-state index in [0.717, 1.165) is 42.6 Å². The predicted molar refractivity (Wildman–Crippen MR) is 132 cm³/mol. The van der Waals surface area contributed by atoms with Crippen molar-refractivity contribution in [3.05, 3.63) is 60.9 Å². The maximum absolute atomic E-state index is 15.0. The Hall–Kier alpha value is -3.68. The van der Waals surface area contributed by atoms with Gasteiger partial charge in [-0.25, -0.2) is 19.3 Å². The molecule has 0 amide bonds. The molecule has 0 bridgehead atoms. The molecule has 1 N–H and O–H groups in total. The second-order valence-corrected chi connectivity index (χ2v) is 9.37. The molecule has 0 spiro atoms. The largest absolute Gasteiger partial charge is 0.489 e. The predicted octanol–water partition coefficient (Wildman–Crippen LogP) is 4.86. The second-order valence-electron chi connectivity index (χ2n) is 8.36. The number of ether oxygens (including phenoxy) is 1. The van der Waals surface area contributed by atoms with Crippen LogP contribution in [0.25, 0.3) is 10.9 Å². The second kappa shape index (κ2) is 10.3. The van der Waals surface area contributed by atoms with Gasteiger partial charge in [-0.2, -0.15) is 5.26 Å². The van der Waals surface area contributed by atoms with E-state index in [9.17, 15) is 4.39 Å². The van der Waals surface area contributed by atoms with Crippen molar-refractivity contribution < 1.29 is 9.13 Å². The number of aromatic nitrogens is 4. The molecule has 2 aromatic carbocycles. The van der Waals surface area contributed by atoms with Crippen molar-refractivity contribution in [2.45, 2.75) is 35.5 Å². The Labute approximate surface area is 206 Å². The van der Waals surface area contributed by atoms with Crippen molar-refractivity contribution in [1.82, 2.24) is 24.4 Å². The number of piperidine rings is 1. The minimum atomic E-state index is -0.396. The number of imidazole rings is 1. The van der Waals surface area contributed by atoms with Gasteiger partial charge in [-0.3, -0.25) is 0 Å². The Balaban J connectivity index is 1.39. The summed E-state index contributed by atoms with van der Waals surface area (Å²) in [6.45, 7) is 2.15. The van der Waals surface area contributed by atoms with Gasteiger partial charge >= 0.3 is 0 Å². The fourth-order valence-corrected chi connectivity index (χ4v) is 4.89. The van der Waals surface area contributed by atoms with Crippen LogP contribution in [-0.4, -0.2) is 50.7 Å². The van der Waals surface area contributed by atoms with Crippen LogP contribution in [0.1, 0.15) is 12.8 Å². The van der Waals surface area contributed by atoms with Crippen molar-refractivity contribution >= 4 is 34.2 Å². The lowest BCUT2D eigenvalue weighted by molar-refractivity contribution is 0.116. The van der Waals surface area contributed by atoms with Crippen molar-refractivity contribution in [3.8, 4) is 11.8 Å². The van der Waals surface area contributed by atoms with E-state index < -0.39 is 5.82 Å². The highest BCUT2D eigenvalue weighted by Gasteiger charge is 2.20. The lowest BCUT2D eigenvalue weighted by Gasteiger charge is -2.29. The van der Waals surface area contributed by atoms with Gasteiger partial charge in [-0.1, -0.05) is 6.07 Å². The van der Waals surface area contributed by atoms with Crippen LogP contribution in [0.5, 0.6) is 5.75 Å². The summed E-state index contributed by atoms with van der Waals surface area (Å²) in [6, 6.07) is 12.7. The zero-order valence-electron chi connectivity index (χ0n) is 19.2. The van der Waals surface area contributed by atoms with Crippen LogP contribution < -0.4 is 10.1 Å². The summed E-state index contributed by atoms with van der Waals surface area (Å²) in [5, 5.41) is 13.5. The minimum Gasteiger partial charge on any atom is -0.489 e. The van der Waals surface area contributed by atoms with E-state index in [1.54, 1.807) is 29.1 Å². The van der Waals surface area contributed by atoms with E-state index in [-0.39, 0.29) is 12.6 Å². The molecule has 10 heteroatoms. The van der Waals surface area contributed by atoms with E-state index in [1.807, 2.05) is 18.2 Å². The van der Waals surface area contributed by atoms with Crippen molar-refractivity contribution in [2.24, 2.45) is 0 Å². The number of fused-ring (bicyclic) bond motifs is 1. The van der Waals surface area contributed by atoms with Crippen LogP contribution in [0.2, 0.25) is 0 Å². The number of benzene rings is 2. The molecule has 1 saturated heterocycles. The number of nitrogens with zero attached hydrogens (tertiary/aromatic N) is 6. The van der Waals surface area contributed by atoms with Crippen LogP contribution >= 0.6 is 11.8 Å². The quantitative estimate of drug-likeness (QED) is 0.394. The lowest BCUT2D eigenvalue weighted by atomic mass is 10.1. The number of hydrogen-bond donors (Lipinski definition) is 1. The SMILES string of the molecule is CN1CCC(Oc2cccc3ncnc(Nc4ccc(Sc5nccn5CC#N)c(F)c4)c23)CC1. The molecule has 0 unspecified atom stereocenters. The molecule has 1 aliphatic heterocycles. The van der Waals surface area contributed by atoms with Gasteiger partial charge in [-0.05, 0) is 62.0 Å². The highest BCUT2D eigenvalue weighted by atomic mass is 32.2. The molecule has 0 aliphatic carbocycles. The van der Waals surface area contributed by atoms with E-state index in [1.165, 1.54) is 24.2 Å². The Kier molecular flexibility index (Phi) is 6.79. The van der Waals surface area contributed by atoms with Crippen molar-refractivity contribution in [3.63, 3.8) is 0 Å². The van der Waals surface area contributed by atoms with Gasteiger partial charge in [0, 0.05) is 31.2 Å². The van der Waals surface area contributed by atoms with Crippen LogP contribution in [-0.2, 0) is 6.54 Å². The molecule has 2 aromatic heterocycles. The number of rotatable bonds is 7. The molecule has 35 heavy (non-hydrogen) atoms. The van der Waals surface area contributed by atoms with E-state index in [4.69, 9.17) is 10.00 Å². The summed E-state index contributed by atoms with van der Waals surface area (Å²) >= 11 is 1.18. The Bertz CT molecular complexity index is 1370. The van der Waals surface area contributed by atoms with Crippen LogP contribution in [0.3, 0.4) is 0 Å². The number of nitrogens with one attached hydrogen (secondary N) is 1. The zero-order valence-corrected chi connectivity index (χ0v) is 20.0. The topological polar surface area (TPSA) is 91.9 Å². The normalized spacial score (nSPS) is 14.7. The molecule has 178 valence electrons. The highest BCUT2D eigenvalue weighted by molar-refractivity contribution is 7.99. The van der Waals surface area contributed by atoms with Gasteiger partial charge < -0.3 is 19.5 Å². The Morgan fingerprint density at radius 3 is 2.86 bits per heavy atom. The number of nitriles is 1. The molecular formula is C25H24FN7OS. The number of halogens is 1. The van der Waals surface area contributed by atoms with Crippen molar-refractivity contribution in [2.75, 3.05) is 25.5 Å². The summed E-state index contributed by atoms with van der Waals surface area (Å²) in [5.41, 5.74) is 1.31. The van der Waals surface area contributed by atoms with E-state index >= 15 is 0 Å². The molecule has 1 fully saturated rings. The minimum absolute atomic E-state index is 0.132. The molecule has 4 aromatic rings. The highest BCUT2D eigenvalue weighted by Crippen LogP contribution is 2.35. The van der Waals surface area contributed by atoms with Gasteiger partial charge in [0.1, 0.15) is 36.4 Å². The lowest BCUT2D eigenvalue weighted by Crippen LogP contribution is -2.35. The summed E-state index contributed by atoms with van der Waals surface area (Å²) in [6.07, 6.45) is 6.83. The van der Waals surface area contributed by atoms with Gasteiger partial charge in [0.2, 0.25) is 0 Å². The summed E-state index contributed by atoms with van der Waals surface area (Å²) in [7, 11) is 2.12. The van der Waals surface area contributed by atoms with Crippen LogP contribution in [0.4, 0.5) is 15.9 Å². The summed E-state index contributed by atoms with van der Waals surface area (Å²) in [5.74, 6) is 0.882. The summed E-state index contributed by atoms with van der Waals surface area (Å²) < 4.78 is 23.0. The van der Waals surface area contributed by atoms with Gasteiger partial charge in [0.15, 0.2) is 5.16 Å². The first-order valence-corrected chi connectivity index (χ1v) is 12.1. The molecule has 1 aliphatic rings. The molecule has 0 atom stereocenters. The average Bonchev–Trinajstić information content (AvgIpc) is 3.29. The number of likely N-dealkylation sites (tertiary alicyclic amines) is 1. The third-order valence-electron chi connectivity index (χ3n) is 5.90. The van der Waals surface area contributed by atoms with E-state index in [2.05, 4.69) is 38.3 Å². The number of anilines is 2. The van der Waals surface area contributed by atoms with Gasteiger partial charge in [0.25, 0.3) is 0 Å². The maximum atomic E-state index is 15.0. The smallest absolute Gasteiger partial charge is 0.173 e. The first-order valence-electron chi connectivity index (χ1n) is 11.3.